The zero-order chi connectivity index (χ0) is 9.97. The normalized spacial score (nSPS) is 60.4. The molecular weight excluding hydrogens is 176 g/mol. The van der Waals surface area contributed by atoms with Gasteiger partial charge in [0.15, 0.2) is 0 Å². The van der Waals surface area contributed by atoms with Gasteiger partial charge >= 0.3 is 0 Å². The van der Waals surface area contributed by atoms with Crippen LogP contribution in [0.15, 0.2) is 12.2 Å². The summed E-state index contributed by atoms with van der Waals surface area (Å²) in [5.41, 5.74) is -0.407. The Morgan fingerprint density at radius 3 is 2.14 bits per heavy atom. The quantitative estimate of drug-likeness (QED) is 0.597. The zero-order valence-electron chi connectivity index (χ0n) is 8.86. The maximum Gasteiger partial charge on any atom is 0.0900 e. The molecule has 2 nitrogen and oxygen atoms in total. The van der Waals surface area contributed by atoms with Crippen molar-refractivity contribution in [2.24, 2.45) is 11.8 Å². The van der Waals surface area contributed by atoms with Crippen LogP contribution in [0.2, 0.25) is 0 Å². The van der Waals surface area contributed by atoms with Crippen LogP contribution in [-0.2, 0) is 4.74 Å². The highest BCUT2D eigenvalue weighted by Gasteiger charge is 2.59. The molecule has 3 aliphatic rings. The van der Waals surface area contributed by atoms with Gasteiger partial charge in [-0.15, -0.1) is 0 Å². The van der Waals surface area contributed by atoms with Crippen molar-refractivity contribution in [2.75, 3.05) is 0 Å². The van der Waals surface area contributed by atoms with Gasteiger partial charge in [-0.25, -0.2) is 0 Å². The summed E-state index contributed by atoms with van der Waals surface area (Å²) in [6, 6.07) is 0. The lowest BCUT2D eigenvalue weighted by molar-refractivity contribution is -0.230. The van der Waals surface area contributed by atoms with Crippen molar-refractivity contribution in [2.45, 2.75) is 50.4 Å². The molecule has 1 N–H and O–H groups in total. The van der Waals surface area contributed by atoms with Crippen LogP contribution >= 0.6 is 0 Å². The summed E-state index contributed by atoms with van der Waals surface area (Å²) >= 11 is 0. The molecule has 1 saturated heterocycles. The molecule has 4 unspecified atom stereocenters. The largest absolute Gasteiger partial charge is 0.392 e. The van der Waals surface area contributed by atoms with E-state index in [-0.39, 0.29) is 17.3 Å². The van der Waals surface area contributed by atoms with Crippen LogP contribution in [0.3, 0.4) is 0 Å². The standard InChI is InChI=1S/C12H18O2/c1-11-6-7-12(2,14-11)9-5-3-4-8(11)10(9)13/h6-10,13H,3-5H2,1-2H3. The third-order valence-corrected chi connectivity index (χ3v) is 4.51. The van der Waals surface area contributed by atoms with E-state index in [2.05, 4.69) is 26.0 Å². The third kappa shape index (κ3) is 0.887. The van der Waals surface area contributed by atoms with Gasteiger partial charge in [0.25, 0.3) is 0 Å². The van der Waals surface area contributed by atoms with Crippen molar-refractivity contribution in [1.29, 1.82) is 0 Å². The van der Waals surface area contributed by atoms with E-state index < -0.39 is 0 Å². The van der Waals surface area contributed by atoms with Crippen molar-refractivity contribution < 1.29 is 9.84 Å². The Kier molecular flexibility index (Phi) is 1.54. The first-order valence-electron chi connectivity index (χ1n) is 5.64. The Hall–Kier alpha value is -0.340. The zero-order valence-corrected chi connectivity index (χ0v) is 8.86. The monoisotopic (exact) mass is 194 g/mol. The minimum atomic E-state index is -0.203. The number of rotatable bonds is 0. The predicted molar refractivity (Wildman–Crippen MR) is 53.9 cm³/mol. The molecule has 2 aliphatic heterocycles. The molecule has 2 heteroatoms. The lowest BCUT2D eigenvalue weighted by Crippen LogP contribution is -2.59. The molecule has 1 aliphatic carbocycles. The summed E-state index contributed by atoms with van der Waals surface area (Å²) in [4.78, 5) is 0. The second-order valence-corrected chi connectivity index (χ2v) is 5.44. The van der Waals surface area contributed by atoms with E-state index in [1.807, 2.05) is 0 Å². The average Bonchev–Trinajstić information content (AvgIpc) is 2.42. The summed E-state index contributed by atoms with van der Waals surface area (Å²) in [5.74, 6) is 0.626. The first-order chi connectivity index (χ1) is 6.55. The molecule has 14 heavy (non-hydrogen) atoms. The second kappa shape index (κ2) is 2.42. The Morgan fingerprint density at radius 2 is 1.64 bits per heavy atom. The Morgan fingerprint density at radius 1 is 1.14 bits per heavy atom. The molecule has 78 valence electrons. The number of ether oxygens (including phenoxy) is 1. The first kappa shape index (κ1) is 8.93. The minimum absolute atomic E-state index is 0.164. The van der Waals surface area contributed by atoms with Crippen molar-refractivity contribution in [1.82, 2.24) is 0 Å². The first-order valence-corrected chi connectivity index (χ1v) is 5.64. The molecule has 2 fully saturated rings. The Bertz CT molecular complexity index is 273. The summed E-state index contributed by atoms with van der Waals surface area (Å²) in [7, 11) is 0. The highest BCUT2D eigenvalue weighted by atomic mass is 16.5. The van der Waals surface area contributed by atoms with Crippen LogP contribution < -0.4 is 0 Å². The number of hydrogen-bond donors (Lipinski definition) is 1. The molecule has 1 saturated carbocycles. The minimum Gasteiger partial charge on any atom is -0.392 e. The summed E-state index contributed by atoms with van der Waals surface area (Å²) in [5, 5.41) is 10.3. The van der Waals surface area contributed by atoms with Crippen LogP contribution in [0.1, 0.15) is 33.1 Å². The van der Waals surface area contributed by atoms with Crippen molar-refractivity contribution in [3.05, 3.63) is 12.2 Å². The Labute approximate surface area is 85.0 Å². The third-order valence-electron chi connectivity index (χ3n) is 4.51. The fraction of sp³-hybridized carbons (Fsp3) is 0.833. The molecular formula is C12H18O2. The van der Waals surface area contributed by atoms with E-state index in [0.717, 1.165) is 12.8 Å². The van der Waals surface area contributed by atoms with Gasteiger partial charge in [0.2, 0.25) is 0 Å². The van der Waals surface area contributed by atoms with E-state index in [9.17, 15) is 5.11 Å². The fourth-order valence-electron chi connectivity index (χ4n) is 3.70. The molecule has 4 bridgehead atoms. The van der Waals surface area contributed by atoms with E-state index >= 15 is 0 Å². The smallest absolute Gasteiger partial charge is 0.0900 e. The van der Waals surface area contributed by atoms with Gasteiger partial charge in [-0.1, -0.05) is 18.6 Å². The van der Waals surface area contributed by atoms with E-state index in [1.165, 1.54) is 6.42 Å². The highest BCUT2D eigenvalue weighted by Crippen LogP contribution is 2.54. The van der Waals surface area contributed by atoms with Crippen LogP contribution in [0.25, 0.3) is 0 Å². The Balaban J connectivity index is 2.08. The van der Waals surface area contributed by atoms with Gasteiger partial charge in [-0.05, 0) is 26.7 Å². The summed E-state index contributed by atoms with van der Waals surface area (Å²) in [6.07, 6.45) is 7.63. The van der Waals surface area contributed by atoms with Crippen molar-refractivity contribution >= 4 is 0 Å². The molecule has 4 atom stereocenters. The molecule has 0 aromatic rings. The van der Waals surface area contributed by atoms with Crippen LogP contribution in [0, 0.1) is 11.8 Å². The van der Waals surface area contributed by atoms with E-state index in [4.69, 9.17) is 4.74 Å². The second-order valence-electron chi connectivity index (χ2n) is 5.44. The summed E-state index contributed by atoms with van der Waals surface area (Å²) < 4.78 is 6.14. The van der Waals surface area contributed by atoms with Gasteiger partial charge in [-0.3, -0.25) is 0 Å². The van der Waals surface area contributed by atoms with Crippen LogP contribution in [0.5, 0.6) is 0 Å². The van der Waals surface area contributed by atoms with Crippen molar-refractivity contribution in [3.8, 4) is 0 Å². The highest BCUT2D eigenvalue weighted by molar-refractivity contribution is 5.25. The number of aliphatic hydroxyl groups is 1. The topological polar surface area (TPSA) is 29.5 Å². The lowest BCUT2D eigenvalue weighted by atomic mass is 9.66. The van der Waals surface area contributed by atoms with Gasteiger partial charge in [0, 0.05) is 11.8 Å². The molecule has 0 radical (unpaired) electrons. The average molecular weight is 194 g/mol. The lowest BCUT2D eigenvalue weighted by Gasteiger charge is -2.53. The number of hydrogen-bond acceptors (Lipinski definition) is 2. The molecule has 0 aromatic carbocycles. The number of fused-ring (bicyclic) bond motifs is 6. The molecule has 0 aromatic heterocycles. The summed E-state index contributed by atoms with van der Waals surface area (Å²) in [6.45, 7) is 4.23. The van der Waals surface area contributed by atoms with Gasteiger partial charge in [-0.2, -0.15) is 0 Å². The molecule has 0 amide bonds. The SMILES string of the molecule is CC12C=CC(C)(O1)C1CCCC2C1O. The maximum atomic E-state index is 10.3. The molecule has 3 rings (SSSR count). The van der Waals surface area contributed by atoms with Gasteiger partial charge < -0.3 is 9.84 Å². The van der Waals surface area contributed by atoms with Crippen molar-refractivity contribution in [3.63, 3.8) is 0 Å². The van der Waals surface area contributed by atoms with E-state index in [1.54, 1.807) is 0 Å². The van der Waals surface area contributed by atoms with Crippen LogP contribution in [0.4, 0.5) is 0 Å². The fourth-order valence-corrected chi connectivity index (χ4v) is 3.70. The van der Waals surface area contributed by atoms with Gasteiger partial charge in [0.1, 0.15) is 0 Å². The molecule has 0 spiro atoms. The number of aliphatic hydroxyl groups excluding tert-OH is 1. The maximum absolute atomic E-state index is 10.3. The van der Waals surface area contributed by atoms with Crippen LogP contribution in [-0.4, -0.2) is 22.4 Å². The molecule has 2 heterocycles. The predicted octanol–water partition coefficient (Wildman–Crippen LogP) is 1.88. The van der Waals surface area contributed by atoms with E-state index in [0.29, 0.717) is 11.8 Å². The van der Waals surface area contributed by atoms with Gasteiger partial charge in [0.05, 0.1) is 17.3 Å².